The molecule has 0 aliphatic heterocycles. The van der Waals surface area contributed by atoms with Crippen molar-refractivity contribution in [3.05, 3.63) is 52.8 Å². The van der Waals surface area contributed by atoms with Crippen molar-refractivity contribution in [3.63, 3.8) is 0 Å². The minimum absolute atomic E-state index is 0.577. The van der Waals surface area contributed by atoms with Gasteiger partial charge in [-0.25, -0.2) is 9.48 Å². The van der Waals surface area contributed by atoms with E-state index in [4.69, 9.17) is 16.7 Å². The molecule has 102 valence electrons. The van der Waals surface area contributed by atoms with Gasteiger partial charge in [-0.1, -0.05) is 17.7 Å². The SMILES string of the molecule is O=C(O)/C=C/c1ccc(Cl)cc1-n1ccc(C2CC2)n1. The van der Waals surface area contributed by atoms with E-state index in [0.717, 1.165) is 23.0 Å². The molecule has 0 amide bonds. The first-order valence-electron chi connectivity index (χ1n) is 6.40. The van der Waals surface area contributed by atoms with E-state index in [1.54, 1.807) is 29.0 Å². The van der Waals surface area contributed by atoms with Crippen LogP contribution in [0.3, 0.4) is 0 Å². The van der Waals surface area contributed by atoms with Crippen molar-refractivity contribution in [2.75, 3.05) is 0 Å². The minimum atomic E-state index is -0.981. The van der Waals surface area contributed by atoms with Gasteiger partial charge in [-0.15, -0.1) is 0 Å². The van der Waals surface area contributed by atoms with Gasteiger partial charge >= 0.3 is 5.97 Å². The molecule has 2 aromatic rings. The Labute approximate surface area is 121 Å². The molecule has 0 radical (unpaired) electrons. The molecule has 0 saturated heterocycles. The number of rotatable bonds is 4. The molecule has 1 aromatic carbocycles. The van der Waals surface area contributed by atoms with Crippen LogP contribution in [0.5, 0.6) is 0 Å². The van der Waals surface area contributed by atoms with Gasteiger partial charge in [0.05, 0.1) is 11.4 Å². The van der Waals surface area contributed by atoms with Crippen LogP contribution in [0.25, 0.3) is 11.8 Å². The largest absolute Gasteiger partial charge is 0.478 e. The summed E-state index contributed by atoms with van der Waals surface area (Å²) in [6.45, 7) is 0. The number of hydrogen-bond donors (Lipinski definition) is 1. The third-order valence-electron chi connectivity index (χ3n) is 3.25. The maximum atomic E-state index is 10.7. The highest BCUT2D eigenvalue weighted by Crippen LogP contribution is 2.39. The van der Waals surface area contributed by atoms with E-state index in [1.807, 2.05) is 12.3 Å². The molecule has 1 heterocycles. The lowest BCUT2D eigenvalue weighted by molar-refractivity contribution is -0.131. The van der Waals surface area contributed by atoms with E-state index < -0.39 is 5.97 Å². The molecule has 0 bridgehead atoms. The topological polar surface area (TPSA) is 55.1 Å². The lowest BCUT2D eigenvalue weighted by Gasteiger charge is -2.07. The van der Waals surface area contributed by atoms with Gasteiger partial charge in [0.2, 0.25) is 0 Å². The van der Waals surface area contributed by atoms with E-state index in [1.165, 1.54) is 12.8 Å². The molecule has 4 nitrogen and oxygen atoms in total. The summed E-state index contributed by atoms with van der Waals surface area (Å²) in [5, 5.41) is 13.9. The average molecular weight is 289 g/mol. The molecular weight excluding hydrogens is 276 g/mol. The number of nitrogens with zero attached hydrogens (tertiary/aromatic N) is 2. The molecule has 1 saturated carbocycles. The van der Waals surface area contributed by atoms with Gasteiger partial charge in [-0.05, 0) is 37.1 Å². The number of halogens is 1. The fraction of sp³-hybridized carbons (Fsp3) is 0.200. The fourth-order valence-corrected chi connectivity index (χ4v) is 2.25. The van der Waals surface area contributed by atoms with Crippen LogP contribution in [-0.4, -0.2) is 20.9 Å². The van der Waals surface area contributed by atoms with Crippen LogP contribution in [-0.2, 0) is 4.79 Å². The number of aromatic nitrogens is 2. The average Bonchev–Trinajstić information content (AvgIpc) is 3.15. The first kappa shape index (κ1) is 12.9. The first-order chi connectivity index (χ1) is 9.63. The molecule has 1 aliphatic carbocycles. The van der Waals surface area contributed by atoms with Crippen molar-refractivity contribution in [2.24, 2.45) is 0 Å². The molecular formula is C15H13ClN2O2. The molecule has 0 spiro atoms. The highest BCUT2D eigenvalue weighted by molar-refractivity contribution is 6.30. The molecule has 20 heavy (non-hydrogen) atoms. The van der Waals surface area contributed by atoms with E-state index in [9.17, 15) is 4.79 Å². The van der Waals surface area contributed by atoms with Crippen molar-refractivity contribution in [1.82, 2.24) is 9.78 Å². The molecule has 1 aliphatic rings. The van der Waals surface area contributed by atoms with Gasteiger partial charge < -0.3 is 5.11 Å². The number of hydrogen-bond acceptors (Lipinski definition) is 2. The Morgan fingerprint density at radius 1 is 1.40 bits per heavy atom. The maximum Gasteiger partial charge on any atom is 0.328 e. The zero-order valence-electron chi connectivity index (χ0n) is 10.7. The van der Waals surface area contributed by atoms with E-state index in [0.29, 0.717) is 10.9 Å². The summed E-state index contributed by atoms with van der Waals surface area (Å²) in [5.41, 5.74) is 2.63. The first-order valence-corrected chi connectivity index (χ1v) is 6.78. The number of aliphatic carboxylic acids is 1. The number of carbonyl (C=O) groups is 1. The van der Waals surface area contributed by atoms with Gasteiger partial charge in [-0.2, -0.15) is 5.10 Å². The van der Waals surface area contributed by atoms with Crippen molar-refractivity contribution in [1.29, 1.82) is 0 Å². The molecule has 1 N–H and O–H groups in total. The van der Waals surface area contributed by atoms with Crippen LogP contribution in [0.4, 0.5) is 0 Å². The van der Waals surface area contributed by atoms with Crippen molar-refractivity contribution in [3.8, 4) is 5.69 Å². The van der Waals surface area contributed by atoms with Crippen molar-refractivity contribution < 1.29 is 9.90 Å². The summed E-state index contributed by atoms with van der Waals surface area (Å²) in [5.74, 6) is -0.404. The predicted octanol–water partition coefficient (Wildman–Crippen LogP) is 3.50. The van der Waals surface area contributed by atoms with Crippen LogP contribution in [0.2, 0.25) is 5.02 Å². The second kappa shape index (κ2) is 5.13. The lowest BCUT2D eigenvalue weighted by Crippen LogP contribution is -1.99. The molecule has 0 unspecified atom stereocenters. The van der Waals surface area contributed by atoms with Gasteiger partial charge in [0.15, 0.2) is 0 Å². The second-order valence-corrected chi connectivity index (χ2v) is 5.27. The van der Waals surface area contributed by atoms with E-state index in [2.05, 4.69) is 5.10 Å². The number of carboxylic acids is 1. The third-order valence-corrected chi connectivity index (χ3v) is 3.49. The van der Waals surface area contributed by atoms with Gasteiger partial charge in [0, 0.05) is 28.8 Å². The van der Waals surface area contributed by atoms with E-state index >= 15 is 0 Å². The zero-order valence-corrected chi connectivity index (χ0v) is 11.4. The number of carboxylic acid groups (broad SMARTS) is 1. The van der Waals surface area contributed by atoms with Crippen molar-refractivity contribution in [2.45, 2.75) is 18.8 Å². The smallest absolute Gasteiger partial charge is 0.328 e. The fourth-order valence-electron chi connectivity index (χ4n) is 2.09. The number of benzene rings is 1. The summed E-state index contributed by atoms with van der Waals surface area (Å²) < 4.78 is 1.75. The zero-order chi connectivity index (χ0) is 14.1. The summed E-state index contributed by atoms with van der Waals surface area (Å²) in [6.07, 6.45) is 6.93. The Morgan fingerprint density at radius 2 is 2.20 bits per heavy atom. The Kier molecular flexibility index (Phi) is 3.32. The summed E-state index contributed by atoms with van der Waals surface area (Å²) in [4.78, 5) is 10.7. The van der Waals surface area contributed by atoms with Gasteiger partial charge in [0.1, 0.15) is 0 Å². The highest BCUT2D eigenvalue weighted by Gasteiger charge is 2.26. The van der Waals surface area contributed by atoms with Crippen LogP contribution in [0.15, 0.2) is 36.5 Å². The van der Waals surface area contributed by atoms with Gasteiger partial charge in [0.25, 0.3) is 0 Å². The lowest BCUT2D eigenvalue weighted by atomic mass is 10.1. The molecule has 0 atom stereocenters. The van der Waals surface area contributed by atoms with Crippen LogP contribution < -0.4 is 0 Å². The molecule has 1 aromatic heterocycles. The Balaban J connectivity index is 2.00. The summed E-state index contributed by atoms with van der Waals surface area (Å²) >= 11 is 6.03. The maximum absolute atomic E-state index is 10.7. The van der Waals surface area contributed by atoms with Crippen LogP contribution >= 0.6 is 11.6 Å². The quantitative estimate of drug-likeness (QED) is 0.876. The second-order valence-electron chi connectivity index (χ2n) is 4.83. The molecule has 5 heteroatoms. The standard InChI is InChI=1S/C15H13ClN2O2/c16-12-5-3-11(4-6-15(19)20)14(9-12)18-8-7-13(17-18)10-1-2-10/h3-10H,1-2H2,(H,19,20)/b6-4+. The molecule has 3 rings (SSSR count). The van der Waals surface area contributed by atoms with Crippen LogP contribution in [0, 0.1) is 0 Å². The molecule has 1 fully saturated rings. The summed E-state index contributed by atoms with van der Waals surface area (Å²) in [6, 6.07) is 7.31. The summed E-state index contributed by atoms with van der Waals surface area (Å²) in [7, 11) is 0. The predicted molar refractivity (Wildman–Crippen MR) is 77.2 cm³/mol. The van der Waals surface area contributed by atoms with Crippen LogP contribution in [0.1, 0.15) is 30.0 Å². The van der Waals surface area contributed by atoms with Crippen molar-refractivity contribution >= 4 is 23.6 Å². The Hall–Kier alpha value is -2.07. The minimum Gasteiger partial charge on any atom is -0.478 e. The van der Waals surface area contributed by atoms with E-state index in [-0.39, 0.29) is 0 Å². The van der Waals surface area contributed by atoms with Gasteiger partial charge in [-0.3, -0.25) is 0 Å². The Morgan fingerprint density at radius 3 is 2.90 bits per heavy atom. The third kappa shape index (κ3) is 2.75. The normalized spacial score (nSPS) is 14.8. The Bertz CT molecular complexity index is 687. The highest BCUT2D eigenvalue weighted by atomic mass is 35.5. The monoisotopic (exact) mass is 288 g/mol.